The van der Waals surface area contributed by atoms with Gasteiger partial charge in [-0.3, -0.25) is 4.79 Å². The van der Waals surface area contributed by atoms with Gasteiger partial charge in [-0.15, -0.1) is 10.2 Å². The summed E-state index contributed by atoms with van der Waals surface area (Å²) in [5, 5.41) is 10.5. The largest absolute Gasteiger partial charge is 0.493 e. The molecule has 0 unspecified atom stereocenters. The number of hydrogen-bond donors (Lipinski definition) is 1. The summed E-state index contributed by atoms with van der Waals surface area (Å²) >= 11 is 0. The van der Waals surface area contributed by atoms with E-state index in [2.05, 4.69) is 15.5 Å². The highest BCUT2D eigenvalue weighted by Gasteiger charge is 2.29. The van der Waals surface area contributed by atoms with Crippen molar-refractivity contribution in [2.24, 2.45) is 5.92 Å². The number of aryl methyl sites for hydroxylation is 1. The molecule has 134 valence electrons. The third kappa shape index (κ3) is 3.78. The molecule has 3 rings (SSSR count). The molecule has 0 spiro atoms. The molecule has 2 aromatic rings. The standard InChI is InChI=1S/C17H19F2N3O3/c1-9-21-22-14(25-9)8-10-3-4-11(7-10)20-17(23)15-12(18)5-6-13(19)16(15)24-2/h5-6,10-11H,3-4,7-8H2,1-2H3,(H,20,23)/t10-,11+/m1/s1. The van der Waals surface area contributed by atoms with Crippen LogP contribution in [0.5, 0.6) is 5.75 Å². The number of nitrogens with one attached hydrogen (secondary N) is 1. The van der Waals surface area contributed by atoms with Crippen LogP contribution in [-0.2, 0) is 6.42 Å². The number of nitrogens with zero attached hydrogens (tertiary/aromatic N) is 2. The molecule has 1 N–H and O–H groups in total. The van der Waals surface area contributed by atoms with E-state index in [9.17, 15) is 13.6 Å². The van der Waals surface area contributed by atoms with E-state index in [0.717, 1.165) is 25.0 Å². The second-order valence-corrected chi connectivity index (χ2v) is 6.21. The molecule has 1 fully saturated rings. The number of halogens is 2. The van der Waals surface area contributed by atoms with E-state index in [-0.39, 0.29) is 11.8 Å². The van der Waals surface area contributed by atoms with Crippen LogP contribution in [0.1, 0.15) is 41.4 Å². The highest BCUT2D eigenvalue weighted by Crippen LogP contribution is 2.30. The smallest absolute Gasteiger partial charge is 0.258 e. The van der Waals surface area contributed by atoms with E-state index in [4.69, 9.17) is 9.15 Å². The SMILES string of the molecule is COc1c(F)ccc(F)c1C(=O)N[C@H]1CC[C@@H](Cc2nnc(C)o2)C1. The Morgan fingerprint density at radius 1 is 1.32 bits per heavy atom. The van der Waals surface area contributed by atoms with Crippen molar-refractivity contribution in [3.05, 3.63) is 41.1 Å². The molecule has 8 heteroatoms. The van der Waals surface area contributed by atoms with E-state index in [1.165, 1.54) is 7.11 Å². The van der Waals surface area contributed by atoms with Gasteiger partial charge in [0.2, 0.25) is 11.8 Å². The molecule has 1 amide bonds. The van der Waals surface area contributed by atoms with Crippen molar-refractivity contribution < 1.29 is 22.7 Å². The Morgan fingerprint density at radius 3 is 2.76 bits per heavy atom. The van der Waals surface area contributed by atoms with Crippen molar-refractivity contribution >= 4 is 5.91 Å². The summed E-state index contributed by atoms with van der Waals surface area (Å²) in [5.41, 5.74) is -0.404. The van der Waals surface area contributed by atoms with Crippen LogP contribution in [0, 0.1) is 24.5 Å². The summed E-state index contributed by atoms with van der Waals surface area (Å²) in [4.78, 5) is 12.4. The summed E-state index contributed by atoms with van der Waals surface area (Å²) in [6.07, 6.45) is 3.00. The van der Waals surface area contributed by atoms with Gasteiger partial charge in [-0.1, -0.05) is 0 Å². The van der Waals surface area contributed by atoms with Gasteiger partial charge in [-0.25, -0.2) is 8.78 Å². The van der Waals surface area contributed by atoms with E-state index in [1.54, 1.807) is 6.92 Å². The maximum Gasteiger partial charge on any atom is 0.258 e. The van der Waals surface area contributed by atoms with Crippen molar-refractivity contribution in [1.29, 1.82) is 0 Å². The predicted molar refractivity (Wildman–Crippen MR) is 84.2 cm³/mol. The summed E-state index contributed by atoms with van der Waals surface area (Å²) in [6, 6.07) is 1.74. The zero-order valence-electron chi connectivity index (χ0n) is 14.0. The third-order valence-electron chi connectivity index (χ3n) is 4.40. The molecular weight excluding hydrogens is 332 g/mol. The first-order valence-electron chi connectivity index (χ1n) is 8.09. The zero-order chi connectivity index (χ0) is 18.0. The Morgan fingerprint density at radius 2 is 2.08 bits per heavy atom. The van der Waals surface area contributed by atoms with Crippen LogP contribution in [0.4, 0.5) is 8.78 Å². The molecule has 0 bridgehead atoms. The molecule has 0 radical (unpaired) electrons. The Hall–Kier alpha value is -2.51. The topological polar surface area (TPSA) is 77.2 Å². The van der Waals surface area contributed by atoms with Crippen LogP contribution in [0.3, 0.4) is 0 Å². The lowest BCUT2D eigenvalue weighted by molar-refractivity contribution is 0.0928. The van der Waals surface area contributed by atoms with Crippen LogP contribution >= 0.6 is 0 Å². The van der Waals surface area contributed by atoms with Crippen LogP contribution in [0.2, 0.25) is 0 Å². The zero-order valence-corrected chi connectivity index (χ0v) is 14.0. The fourth-order valence-electron chi connectivity index (χ4n) is 3.26. The summed E-state index contributed by atoms with van der Waals surface area (Å²) in [7, 11) is 1.20. The lowest BCUT2D eigenvalue weighted by Gasteiger charge is -2.15. The van der Waals surface area contributed by atoms with E-state index < -0.39 is 23.1 Å². The normalized spacial score (nSPS) is 19.8. The number of hydrogen-bond acceptors (Lipinski definition) is 5. The van der Waals surface area contributed by atoms with Crippen LogP contribution < -0.4 is 10.1 Å². The van der Waals surface area contributed by atoms with Gasteiger partial charge in [0.1, 0.15) is 11.4 Å². The molecule has 2 atom stereocenters. The Kier molecular flexibility index (Phi) is 4.96. The van der Waals surface area contributed by atoms with Gasteiger partial charge < -0.3 is 14.5 Å². The first kappa shape index (κ1) is 17.3. The van der Waals surface area contributed by atoms with Crippen molar-refractivity contribution in [2.75, 3.05) is 7.11 Å². The molecular formula is C17H19F2N3O3. The molecule has 1 aromatic carbocycles. The molecule has 1 heterocycles. The number of amides is 1. The Labute approximate surface area is 143 Å². The van der Waals surface area contributed by atoms with Crippen molar-refractivity contribution in [2.45, 2.75) is 38.6 Å². The lowest BCUT2D eigenvalue weighted by Crippen LogP contribution is -2.34. The average Bonchev–Trinajstić information content (AvgIpc) is 3.18. The minimum Gasteiger partial charge on any atom is -0.493 e. The lowest BCUT2D eigenvalue weighted by atomic mass is 10.0. The van der Waals surface area contributed by atoms with Gasteiger partial charge in [0.25, 0.3) is 5.91 Å². The first-order valence-corrected chi connectivity index (χ1v) is 8.09. The minimum absolute atomic E-state index is 0.117. The van der Waals surface area contributed by atoms with Crippen LogP contribution in [0.25, 0.3) is 0 Å². The van der Waals surface area contributed by atoms with E-state index in [0.29, 0.717) is 30.5 Å². The number of aromatic nitrogens is 2. The maximum absolute atomic E-state index is 14.0. The van der Waals surface area contributed by atoms with E-state index >= 15 is 0 Å². The van der Waals surface area contributed by atoms with Crippen molar-refractivity contribution in [3.63, 3.8) is 0 Å². The average molecular weight is 351 g/mol. The van der Waals surface area contributed by atoms with Crippen LogP contribution in [0.15, 0.2) is 16.5 Å². The highest BCUT2D eigenvalue weighted by atomic mass is 19.1. The predicted octanol–water partition coefficient (Wildman–Crippen LogP) is 2.81. The van der Waals surface area contributed by atoms with Gasteiger partial charge in [0, 0.05) is 19.4 Å². The first-order chi connectivity index (χ1) is 12.0. The number of carbonyl (C=O) groups excluding carboxylic acids is 1. The molecule has 1 saturated carbocycles. The number of ether oxygens (including phenoxy) is 1. The van der Waals surface area contributed by atoms with Gasteiger partial charge >= 0.3 is 0 Å². The van der Waals surface area contributed by atoms with Gasteiger partial charge in [0.15, 0.2) is 11.6 Å². The molecule has 1 aliphatic rings. The fraction of sp³-hybridized carbons (Fsp3) is 0.471. The quantitative estimate of drug-likeness (QED) is 0.896. The third-order valence-corrected chi connectivity index (χ3v) is 4.40. The molecule has 0 aliphatic heterocycles. The highest BCUT2D eigenvalue weighted by molar-refractivity contribution is 5.97. The number of methoxy groups -OCH3 is 1. The van der Waals surface area contributed by atoms with Gasteiger partial charge in [0.05, 0.1) is 7.11 Å². The maximum atomic E-state index is 14.0. The second kappa shape index (κ2) is 7.16. The molecule has 1 aromatic heterocycles. The Bertz CT molecular complexity index is 778. The number of benzene rings is 1. The molecule has 1 aliphatic carbocycles. The van der Waals surface area contributed by atoms with E-state index in [1.807, 2.05) is 0 Å². The second-order valence-electron chi connectivity index (χ2n) is 6.21. The monoisotopic (exact) mass is 351 g/mol. The molecule has 6 nitrogen and oxygen atoms in total. The minimum atomic E-state index is -0.813. The number of rotatable bonds is 5. The van der Waals surface area contributed by atoms with Crippen molar-refractivity contribution in [3.8, 4) is 5.75 Å². The number of carbonyl (C=O) groups is 1. The Balaban J connectivity index is 1.64. The van der Waals surface area contributed by atoms with Crippen LogP contribution in [-0.4, -0.2) is 29.3 Å². The summed E-state index contributed by atoms with van der Waals surface area (Å²) in [6.45, 7) is 1.73. The summed E-state index contributed by atoms with van der Waals surface area (Å²) in [5.74, 6) is -1.25. The van der Waals surface area contributed by atoms with Gasteiger partial charge in [-0.05, 0) is 37.3 Å². The molecule has 25 heavy (non-hydrogen) atoms. The van der Waals surface area contributed by atoms with Gasteiger partial charge in [-0.2, -0.15) is 0 Å². The fourth-order valence-corrected chi connectivity index (χ4v) is 3.26. The molecule has 0 saturated heterocycles. The summed E-state index contributed by atoms with van der Waals surface area (Å²) < 4.78 is 37.9. The van der Waals surface area contributed by atoms with Crippen molar-refractivity contribution in [1.82, 2.24) is 15.5 Å².